The number of alkyl carbamates (subject to hydrolysis) is 1. The van der Waals surface area contributed by atoms with E-state index in [1.165, 1.54) is 10.1 Å². The summed E-state index contributed by atoms with van der Waals surface area (Å²) in [5, 5.41) is 7.87. The first-order chi connectivity index (χ1) is 17.6. The van der Waals surface area contributed by atoms with Crippen molar-refractivity contribution in [2.24, 2.45) is 0 Å². The molecule has 0 bridgehead atoms. The van der Waals surface area contributed by atoms with Gasteiger partial charge >= 0.3 is 12.2 Å². The molecule has 1 aliphatic rings. The largest absolute Gasteiger partial charge is 0.444 e. The minimum atomic E-state index is -1.56. The number of halogens is 1. The van der Waals surface area contributed by atoms with E-state index in [1.807, 2.05) is 12.1 Å². The van der Waals surface area contributed by atoms with Crippen molar-refractivity contribution in [3.05, 3.63) is 39.3 Å². The maximum absolute atomic E-state index is 15.2. The number of amides is 1. The van der Waals surface area contributed by atoms with Crippen LogP contribution in [0.4, 0.5) is 14.0 Å². The van der Waals surface area contributed by atoms with Gasteiger partial charge in [0.15, 0.2) is 0 Å². The van der Waals surface area contributed by atoms with E-state index in [0.29, 0.717) is 22.1 Å². The van der Waals surface area contributed by atoms with Crippen LogP contribution >= 0.6 is 0 Å². The number of alkyl halides is 1. The van der Waals surface area contributed by atoms with Gasteiger partial charge in [-0.15, -0.1) is 0 Å². The fourth-order valence-corrected chi connectivity index (χ4v) is 4.81. The summed E-state index contributed by atoms with van der Waals surface area (Å²) in [7, 11) is 0. The van der Waals surface area contributed by atoms with Gasteiger partial charge in [0, 0.05) is 5.39 Å². The zero-order valence-corrected chi connectivity index (χ0v) is 23.2. The van der Waals surface area contributed by atoms with Crippen molar-refractivity contribution in [2.45, 2.75) is 98.1 Å². The van der Waals surface area contributed by atoms with E-state index in [-0.39, 0.29) is 18.5 Å². The second-order valence-electron chi connectivity index (χ2n) is 11.9. The van der Waals surface area contributed by atoms with Crippen LogP contribution in [-0.4, -0.2) is 50.5 Å². The molecule has 1 aliphatic carbocycles. The number of benzene rings is 1. The summed E-state index contributed by atoms with van der Waals surface area (Å²) < 4.78 is 28.4. The molecule has 0 radical (unpaired) electrons. The summed E-state index contributed by atoms with van der Waals surface area (Å²) in [6.45, 7) is 11.5. The minimum Gasteiger partial charge on any atom is -0.444 e. The van der Waals surface area contributed by atoms with Gasteiger partial charge in [-0.1, -0.05) is 0 Å². The Labute approximate surface area is 221 Å². The first-order valence-electron chi connectivity index (χ1n) is 13.1. The molecular weight excluding hydrogens is 491 g/mol. The molecule has 2 heterocycles. The van der Waals surface area contributed by atoms with Crippen molar-refractivity contribution in [2.75, 3.05) is 6.54 Å². The van der Waals surface area contributed by atoms with Gasteiger partial charge in [-0.2, -0.15) is 9.78 Å². The molecule has 1 N–H and O–H groups in total. The van der Waals surface area contributed by atoms with Crippen molar-refractivity contribution in [1.82, 2.24) is 19.7 Å². The predicted octanol–water partition coefficient (Wildman–Crippen LogP) is 5.18. The zero-order valence-electron chi connectivity index (χ0n) is 23.2. The van der Waals surface area contributed by atoms with Crippen molar-refractivity contribution in [1.29, 1.82) is 0 Å². The number of carbonyl (C=O) groups excluding carboxylic acids is 2. The van der Waals surface area contributed by atoms with Gasteiger partial charge in [0.1, 0.15) is 22.9 Å². The average molecular weight is 529 g/mol. The van der Waals surface area contributed by atoms with Gasteiger partial charge in [0.05, 0.1) is 29.7 Å². The number of hydrogen-bond acceptors (Lipinski definition) is 6. The Morgan fingerprint density at radius 1 is 1.05 bits per heavy atom. The third-order valence-electron chi connectivity index (χ3n) is 6.40. The highest BCUT2D eigenvalue weighted by molar-refractivity contribution is 6.05. The monoisotopic (exact) mass is 528 g/mol. The molecule has 38 heavy (non-hydrogen) atoms. The molecule has 206 valence electrons. The summed E-state index contributed by atoms with van der Waals surface area (Å²) in [6.07, 6.45) is 0.923. The number of hydrogen-bond donors (Lipinski definition) is 1. The number of rotatable bonds is 4. The van der Waals surface area contributed by atoms with Crippen LogP contribution in [0, 0.1) is 6.92 Å². The maximum atomic E-state index is 15.2. The molecule has 0 fully saturated rings. The van der Waals surface area contributed by atoms with Gasteiger partial charge in [0.2, 0.25) is 0 Å². The van der Waals surface area contributed by atoms with Crippen molar-refractivity contribution >= 4 is 34.0 Å². The third-order valence-corrected chi connectivity index (χ3v) is 6.40. The van der Waals surface area contributed by atoms with Crippen LogP contribution in [-0.2, 0) is 28.9 Å². The number of ether oxygens (including phenoxy) is 2. The van der Waals surface area contributed by atoms with Crippen LogP contribution < -0.4 is 10.9 Å². The van der Waals surface area contributed by atoms with E-state index in [4.69, 9.17) is 9.47 Å². The molecular formula is C28H37FN4O5. The second-order valence-corrected chi connectivity index (χ2v) is 11.9. The van der Waals surface area contributed by atoms with Gasteiger partial charge in [-0.05, 0) is 97.4 Å². The second kappa shape index (κ2) is 10.0. The Kier molecular flexibility index (Phi) is 7.29. The molecule has 0 spiro atoms. The highest BCUT2D eigenvalue weighted by atomic mass is 19.1. The Hall–Kier alpha value is -3.43. The van der Waals surface area contributed by atoms with E-state index in [0.717, 1.165) is 35.9 Å². The SMILES string of the molecule is Cc1c2c(=O)n(C[C@@H](F)CNC(=O)OC(C)(C)C)c3cc4c(cc3c2nn1C(=O)OC(C)(C)C)CCCC4. The minimum absolute atomic E-state index is 0.242. The molecule has 3 aromatic rings. The smallest absolute Gasteiger partial charge is 0.435 e. The molecule has 1 amide bonds. The summed E-state index contributed by atoms with van der Waals surface area (Å²) in [5.41, 5.74) is 1.66. The summed E-state index contributed by atoms with van der Waals surface area (Å²) in [4.78, 5) is 38.7. The molecule has 0 saturated carbocycles. The van der Waals surface area contributed by atoms with E-state index in [2.05, 4.69) is 10.4 Å². The molecule has 1 aromatic carbocycles. The fraction of sp³-hybridized carbons (Fsp3) is 0.571. The Bertz CT molecular complexity index is 1460. The summed E-state index contributed by atoms with van der Waals surface area (Å²) in [5.74, 6) is 0. The topological polar surface area (TPSA) is 104 Å². The lowest BCUT2D eigenvalue weighted by Crippen LogP contribution is -2.38. The highest BCUT2D eigenvalue weighted by Gasteiger charge is 2.26. The van der Waals surface area contributed by atoms with Gasteiger partial charge in [-0.3, -0.25) is 4.79 Å². The van der Waals surface area contributed by atoms with E-state index in [1.54, 1.807) is 48.5 Å². The Morgan fingerprint density at radius 3 is 2.26 bits per heavy atom. The van der Waals surface area contributed by atoms with Crippen LogP contribution in [0.25, 0.3) is 21.8 Å². The van der Waals surface area contributed by atoms with Gasteiger partial charge in [-0.25, -0.2) is 14.0 Å². The van der Waals surface area contributed by atoms with Crippen LogP contribution in [0.5, 0.6) is 0 Å². The molecule has 10 heteroatoms. The summed E-state index contributed by atoms with van der Waals surface area (Å²) >= 11 is 0. The lowest BCUT2D eigenvalue weighted by atomic mass is 9.90. The number of aryl methyl sites for hydroxylation is 3. The Morgan fingerprint density at radius 2 is 1.66 bits per heavy atom. The average Bonchev–Trinajstić information content (AvgIpc) is 3.15. The van der Waals surface area contributed by atoms with Crippen molar-refractivity contribution in [3.8, 4) is 0 Å². The molecule has 4 rings (SSSR count). The molecule has 2 aromatic heterocycles. The first-order valence-corrected chi connectivity index (χ1v) is 13.1. The van der Waals surface area contributed by atoms with Gasteiger partial charge in [0.25, 0.3) is 5.56 Å². The maximum Gasteiger partial charge on any atom is 0.435 e. The quantitative estimate of drug-likeness (QED) is 0.500. The number of nitrogens with one attached hydrogen (secondary N) is 1. The normalized spacial score (nSPS) is 14.8. The number of aromatic nitrogens is 3. The molecule has 0 aliphatic heterocycles. The third kappa shape index (κ3) is 5.84. The summed E-state index contributed by atoms with van der Waals surface area (Å²) in [6, 6.07) is 3.96. The molecule has 9 nitrogen and oxygen atoms in total. The Balaban J connectivity index is 1.80. The highest BCUT2D eigenvalue weighted by Crippen LogP contribution is 2.31. The fourth-order valence-electron chi connectivity index (χ4n) is 4.81. The van der Waals surface area contributed by atoms with E-state index < -0.39 is 35.1 Å². The van der Waals surface area contributed by atoms with E-state index in [9.17, 15) is 14.4 Å². The van der Waals surface area contributed by atoms with Crippen LogP contribution in [0.2, 0.25) is 0 Å². The lowest BCUT2D eigenvalue weighted by molar-refractivity contribution is 0.0501. The number of nitrogens with zero attached hydrogens (tertiary/aromatic N) is 3. The predicted molar refractivity (Wildman–Crippen MR) is 144 cm³/mol. The lowest BCUT2D eigenvalue weighted by Gasteiger charge is -2.21. The molecule has 0 unspecified atom stereocenters. The number of carbonyl (C=O) groups is 2. The van der Waals surface area contributed by atoms with Gasteiger partial charge < -0.3 is 19.4 Å². The zero-order chi connectivity index (χ0) is 28.0. The number of pyridine rings is 1. The van der Waals surface area contributed by atoms with Crippen LogP contribution in [0.3, 0.4) is 0 Å². The number of fused-ring (bicyclic) bond motifs is 4. The van der Waals surface area contributed by atoms with E-state index >= 15 is 4.39 Å². The van der Waals surface area contributed by atoms with Crippen LogP contribution in [0.15, 0.2) is 16.9 Å². The molecule has 0 saturated heterocycles. The molecule has 1 atom stereocenters. The van der Waals surface area contributed by atoms with Crippen molar-refractivity contribution < 1.29 is 23.5 Å². The van der Waals surface area contributed by atoms with Crippen LogP contribution in [0.1, 0.15) is 71.2 Å². The standard InChI is InChI=1S/C28H37FN4O5/c1-16-22-23(31-33(16)26(36)38-28(5,6)7)20-12-17-10-8-9-11-18(17)13-21(20)32(24(22)34)15-19(29)14-30-25(35)37-27(2,3)4/h12-13,19H,8-11,14-15H2,1-7H3,(H,30,35)/t19-/m0/s1. The first kappa shape index (κ1) is 27.6. The van der Waals surface area contributed by atoms with Crippen molar-refractivity contribution in [3.63, 3.8) is 0 Å².